The molecule has 2 fully saturated rings. The zero-order valence-corrected chi connectivity index (χ0v) is 19.2. The lowest BCUT2D eigenvalue weighted by Crippen LogP contribution is -2.52. The van der Waals surface area contributed by atoms with E-state index in [-0.39, 0.29) is 12.0 Å². The number of quaternary nitrogens is 1. The maximum Gasteiger partial charge on any atom is 0.343 e. The van der Waals surface area contributed by atoms with Gasteiger partial charge in [0.15, 0.2) is 5.60 Å². The second-order valence-corrected chi connectivity index (χ2v) is 9.88. The molecule has 4 rings (SSSR count). The first kappa shape index (κ1) is 23.0. The average molecular weight is 442 g/mol. The Morgan fingerprint density at radius 2 is 1.94 bits per heavy atom. The molecule has 174 valence electrons. The Kier molecular flexibility index (Phi) is 7.31. The van der Waals surface area contributed by atoms with Gasteiger partial charge in [-0.2, -0.15) is 0 Å². The van der Waals surface area contributed by atoms with E-state index in [1.165, 1.54) is 6.42 Å². The van der Waals surface area contributed by atoms with Crippen LogP contribution in [-0.2, 0) is 21.6 Å². The van der Waals surface area contributed by atoms with Gasteiger partial charge in [0.25, 0.3) is 0 Å². The molecule has 1 aliphatic carbocycles. The number of benzene rings is 1. The Labute approximate surface area is 191 Å². The minimum Gasteiger partial charge on any atom is -0.457 e. The van der Waals surface area contributed by atoms with Gasteiger partial charge in [0.05, 0.1) is 25.8 Å². The second kappa shape index (κ2) is 10.2. The molecule has 0 spiro atoms. The van der Waals surface area contributed by atoms with Gasteiger partial charge in [-0.3, -0.25) is 0 Å². The molecule has 1 saturated carbocycles. The number of hydrogen-bond acceptors (Lipinski definition) is 5. The van der Waals surface area contributed by atoms with E-state index in [9.17, 15) is 9.90 Å². The first-order chi connectivity index (χ1) is 15.5. The highest BCUT2D eigenvalue weighted by molar-refractivity contribution is 5.81. The predicted octanol–water partition coefficient (Wildman–Crippen LogP) is 4.23. The molecule has 2 aromatic rings. The van der Waals surface area contributed by atoms with Gasteiger partial charge in [0.2, 0.25) is 0 Å². The second-order valence-electron chi connectivity index (χ2n) is 9.88. The summed E-state index contributed by atoms with van der Waals surface area (Å²) in [5, 5.41) is 15.7. The number of hydrogen-bond donors (Lipinski definition) is 1. The highest BCUT2D eigenvalue weighted by Gasteiger charge is 2.48. The predicted molar refractivity (Wildman–Crippen MR) is 122 cm³/mol. The lowest BCUT2D eigenvalue weighted by molar-refractivity contribution is -0.921. The van der Waals surface area contributed by atoms with E-state index in [0.29, 0.717) is 12.2 Å². The number of aryl methyl sites for hydroxylation is 1. The number of aromatic nitrogens is 1. The summed E-state index contributed by atoms with van der Waals surface area (Å²) >= 11 is 0. The van der Waals surface area contributed by atoms with E-state index in [0.717, 1.165) is 74.6 Å². The van der Waals surface area contributed by atoms with Crippen LogP contribution in [0.4, 0.5) is 0 Å². The summed E-state index contributed by atoms with van der Waals surface area (Å²) < 4.78 is 11.7. The number of likely N-dealkylation sites (N-methyl/N-ethyl adjacent to an activating group) is 1. The highest BCUT2D eigenvalue weighted by Crippen LogP contribution is 2.40. The van der Waals surface area contributed by atoms with E-state index in [4.69, 9.17) is 9.26 Å². The largest absolute Gasteiger partial charge is 0.457 e. The van der Waals surface area contributed by atoms with E-state index in [1.807, 2.05) is 36.4 Å². The number of carbonyl (C=O) groups is 1. The van der Waals surface area contributed by atoms with Gasteiger partial charge in [-0.1, -0.05) is 54.8 Å². The molecule has 6 heteroatoms. The molecule has 1 N–H and O–H groups in total. The van der Waals surface area contributed by atoms with Crippen LogP contribution in [0, 0.1) is 5.92 Å². The molecule has 1 saturated heterocycles. The summed E-state index contributed by atoms with van der Waals surface area (Å²) in [6.07, 6.45) is 10.7. The molecule has 2 heterocycles. The maximum atomic E-state index is 13.4. The molecular formula is C26H37N2O4+. The molecule has 6 nitrogen and oxygen atoms in total. The summed E-state index contributed by atoms with van der Waals surface area (Å²) in [6.45, 7) is 2.47. The molecule has 0 bridgehead atoms. The first-order valence-electron chi connectivity index (χ1n) is 12.2. The van der Waals surface area contributed by atoms with E-state index < -0.39 is 11.6 Å². The number of rotatable bonds is 9. The molecular weight excluding hydrogens is 404 g/mol. The van der Waals surface area contributed by atoms with Crippen molar-refractivity contribution in [2.24, 2.45) is 5.92 Å². The fourth-order valence-corrected chi connectivity index (χ4v) is 5.74. The Bertz CT molecular complexity index is 850. The van der Waals surface area contributed by atoms with Crippen LogP contribution in [0.2, 0.25) is 0 Å². The van der Waals surface area contributed by atoms with Crippen molar-refractivity contribution in [2.45, 2.75) is 69.4 Å². The topological polar surface area (TPSA) is 72.6 Å². The Hall–Kier alpha value is -2.18. The van der Waals surface area contributed by atoms with Crippen LogP contribution >= 0.6 is 0 Å². The number of aliphatic hydroxyl groups is 1. The molecule has 1 aromatic heterocycles. The standard InChI is InChI=1S/C26H37N2O4/c1-28(17-8-14-23-16-19-32-27-23)18-9-15-24(28)20-31-25(29)26(30,21-10-4-2-5-11-21)22-12-6-3-7-13-22/h2,4-5,10-11,16,19,22,24,30H,3,6-9,12-15,17-18,20H2,1H3/q+1. The van der Waals surface area contributed by atoms with Gasteiger partial charge in [-0.15, -0.1) is 0 Å². The molecule has 3 unspecified atom stereocenters. The summed E-state index contributed by atoms with van der Waals surface area (Å²) in [5.41, 5.74) is 0.0868. The number of esters is 1. The monoisotopic (exact) mass is 441 g/mol. The number of carbonyl (C=O) groups excluding carboxylic acids is 1. The van der Waals surface area contributed by atoms with E-state index >= 15 is 0 Å². The Morgan fingerprint density at radius 1 is 1.16 bits per heavy atom. The summed E-state index contributed by atoms with van der Waals surface area (Å²) in [6, 6.07) is 11.6. The van der Waals surface area contributed by atoms with Gasteiger partial charge < -0.3 is 18.8 Å². The van der Waals surface area contributed by atoms with Crippen molar-refractivity contribution in [1.29, 1.82) is 0 Å². The van der Waals surface area contributed by atoms with E-state index in [2.05, 4.69) is 12.2 Å². The van der Waals surface area contributed by atoms with Gasteiger partial charge in [0.1, 0.15) is 18.9 Å². The Balaban J connectivity index is 1.40. The SMILES string of the molecule is C[N+]1(CCCc2ccon2)CCCC1COC(=O)C(O)(c1ccccc1)C1CCCCC1. The normalized spacial score (nSPS) is 26.0. The molecule has 3 atom stereocenters. The number of likely N-dealkylation sites (tertiary alicyclic amines) is 1. The average Bonchev–Trinajstić information content (AvgIpc) is 3.48. The van der Waals surface area contributed by atoms with Gasteiger partial charge >= 0.3 is 5.97 Å². The van der Waals surface area contributed by atoms with Crippen molar-refractivity contribution >= 4 is 5.97 Å². The summed E-state index contributed by atoms with van der Waals surface area (Å²) in [4.78, 5) is 13.4. The van der Waals surface area contributed by atoms with Crippen molar-refractivity contribution < 1.29 is 23.6 Å². The van der Waals surface area contributed by atoms with Gasteiger partial charge in [0, 0.05) is 31.2 Å². The van der Waals surface area contributed by atoms with Crippen molar-refractivity contribution in [3.05, 3.63) is 53.9 Å². The van der Waals surface area contributed by atoms with Crippen LogP contribution in [0.1, 0.15) is 62.6 Å². The maximum absolute atomic E-state index is 13.4. The molecule has 1 aromatic carbocycles. The fraction of sp³-hybridized carbons (Fsp3) is 0.615. The van der Waals surface area contributed by atoms with Crippen molar-refractivity contribution in [3.8, 4) is 0 Å². The smallest absolute Gasteiger partial charge is 0.343 e. The third-order valence-corrected chi connectivity index (χ3v) is 7.81. The molecule has 0 radical (unpaired) electrons. The highest BCUT2D eigenvalue weighted by atomic mass is 16.6. The van der Waals surface area contributed by atoms with Crippen molar-refractivity contribution in [3.63, 3.8) is 0 Å². The molecule has 32 heavy (non-hydrogen) atoms. The summed E-state index contributed by atoms with van der Waals surface area (Å²) in [7, 11) is 2.26. The Morgan fingerprint density at radius 3 is 2.66 bits per heavy atom. The van der Waals surface area contributed by atoms with Crippen LogP contribution in [0.5, 0.6) is 0 Å². The van der Waals surface area contributed by atoms with Crippen LogP contribution in [0.25, 0.3) is 0 Å². The fourth-order valence-electron chi connectivity index (χ4n) is 5.74. The number of ether oxygens (including phenoxy) is 1. The quantitative estimate of drug-likeness (QED) is 0.466. The van der Waals surface area contributed by atoms with Gasteiger partial charge in [-0.25, -0.2) is 4.79 Å². The zero-order valence-electron chi connectivity index (χ0n) is 19.2. The number of nitrogens with zero attached hydrogens (tertiary/aromatic N) is 2. The lowest BCUT2D eigenvalue weighted by atomic mass is 9.73. The molecule has 0 amide bonds. The van der Waals surface area contributed by atoms with Crippen LogP contribution in [0.3, 0.4) is 0 Å². The van der Waals surface area contributed by atoms with E-state index in [1.54, 1.807) is 6.26 Å². The molecule has 1 aliphatic heterocycles. The minimum atomic E-state index is -1.56. The third kappa shape index (κ3) is 4.91. The summed E-state index contributed by atoms with van der Waals surface area (Å²) in [5.74, 6) is -0.560. The van der Waals surface area contributed by atoms with Crippen molar-refractivity contribution in [1.82, 2.24) is 5.16 Å². The van der Waals surface area contributed by atoms with Gasteiger partial charge in [-0.05, 0) is 24.8 Å². The van der Waals surface area contributed by atoms with Crippen LogP contribution in [0.15, 0.2) is 47.2 Å². The van der Waals surface area contributed by atoms with Crippen molar-refractivity contribution in [2.75, 3.05) is 26.7 Å². The molecule has 2 aliphatic rings. The third-order valence-electron chi connectivity index (χ3n) is 7.81. The minimum absolute atomic E-state index is 0.0851. The first-order valence-corrected chi connectivity index (χ1v) is 12.2. The lowest BCUT2D eigenvalue weighted by Gasteiger charge is -2.39. The zero-order chi connectivity index (χ0) is 22.4. The van der Waals surface area contributed by atoms with Crippen LogP contribution < -0.4 is 0 Å². The van der Waals surface area contributed by atoms with Crippen LogP contribution in [-0.4, -0.2) is 53.5 Å².